The molecule has 0 aliphatic heterocycles. The van der Waals surface area contributed by atoms with Gasteiger partial charge in [0.05, 0.1) is 12.5 Å². The number of aliphatic hydroxyl groups is 1. The van der Waals surface area contributed by atoms with Crippen LogP contribution in [0.25, 0.3) is 0 Å². The minimum atomic E-state index is -1.05. The predicted molar refractivity (Wildman–Crippen MR) is 31.9 cm³/mol. The third-order valence-corrected chi connectivity index (χ3v) is 1.15. The molecule has 9 heavy (non-hydrogen) atoms. The van der Waals surface area contributed by atoms with Crippen molar-refractivity contribution in [3.8, 4) is 0 Å². The van der Waals surface area contributed by atoms with Crippen molar-refractivity contribution in [1.82, 2.24) is 0 Å². The highest BCUT2D eigenvalue weighted by molar-refractivity contribution is 5.70. The largest absolute Gasteiger partial charge is 0.481 e. The second-order valence-corrected chi connectivity index (χ2v) is 1.99. The standard InChI is InChI=1S/C5H11NO3/c1-3(6)4(2-7)5(8)9/h3-4,7H,2,6H2,1H3,(H,8,9)/t3-,4-/m0/s1. The fraction of sp³-hybridized carbons (Fsp3) is 0.800. The smallest absolute Gasteiger partial charge is 0.310 e. The summed E-state index contributed by atoms with van der Waals surface area (Å²) in [5.74, 6) is -1.88. The van der Waals surface area contributed by atoms with E-state index >= 15 is 0 Å². The molecule has 0 aliphatic carbocycles. The third kappa shape index (κ3) is 2.43. The van der Waals surface area contributed by atoms with Gasteiger partial charge in [0.25, 0.3) is 0 Å². The molecule has 0 amide bonds. The Bertz CT molecular complexity index is 102. The molecule has 4 nitrogen and oxygen atoms in total. The van der Waals surface area contributed by atoms with Crippen LogP contribution in [0.5, 0.6) is 0 Å². The van der Waals surface area contributed by atoms with Crippen molar-refractivity contribution in [3.63, 3.8) is 0 Å². The molecule has 0 aromatic rings. The Morgan fingerprint density at radius 1 is 1.78 bits per heavy atom. The van der Waals surface area contributed by atoms with E-state index in [2.05, 4.69) is 0 Å². The van der Waals surface area contributed by atoms with Crippen molar-refractivity contribution in [3.05, 3.63) is 0 Å². The lowest BCUT2D eigenvalue weighted by atomic mass is 10.0. The Labute approximate surface area is 53.3 Å². The van der Waals surface area contributed by atoms with E-state index in [0.29, 0.717) is 0 Å². The molecular formula is C5H11NO3. The summed E-state index contributed by atoms with van der Waals surface area (Å²) >= 11 is 0. The predicted octanol–water partition coefficient (Wildman–Crippen LogP) is -0.973. The van der Waals surface area contributed by atoms with Crippen LogP contribution < -0.4 is 5.73 Å². The Balaban J connectivity index is 3.83. The Morgan fingerprint density at radius 2 is 2.22 bits per heavy atom. The number of carboxylic acids is 1. The highest BCUT2D eigenvalue weighted by Crippen LogP contribution is 1.98. The number of hydrogen-bond acceptors (Lipinski definition) is 3. The van der Waals surface area contributed by atoms with Crippen LogP contribution in [-0.4, -0.2) is 28.8 Å². The molecule has 0 unspecified atom stereocenters. The zero-order valence-electron chi connectivity index (χ0n) is 5.24. The van der Waals surface area contributed by atoms with E-state index in [4.69, 9.17) is 15.9 Å². The molecule has 4 N–H and O–H groups in total. The molecule has 0 bridgehead atoms. The van der Waals surface area contributed by atoms with Gasteiger partial charge in [-0.1, -0.05) is 0 Å². The van der Waals surface area contributed by atoms with Gasteiger partial charge in [-0.3, -0.25) is 4.79 Å². The summed E-state index contributed by atoms with van der Waals surface area (Å²) in [7, 11) is 0. The van der Waals surface area contributed by atoms with Crippen molar-refractivity contribution in [2.24, 2.45) is 11.7 Å². The van der Waals surface area contributed by atoms with Crippen LogP contribution in [0.15, 0.2) is 0 Å². The van der Waals surface area contributed by atoms with Crippen LogP contribution in [0.4, 0.5) is 0 Å². The van der Waals surface area contributed by atoms with Crippen LogP contribution in [0.2, 0.25) is 0 Å². The van der Waals surface area contributed by atoms with E-state index in [1.165, 1.54) is 0 Å². The first-order valence-corrected chi connectivity index (χ1v) is 2.68. The number of carboxylic acid groups (broad SMARTS) is 1. The van der Waals surface area contributed by atoms with E-state index in [1.54, 1.807) is 6.92 Å². The highest BCUT2D eigenvalue weighted by atomic mass is 16.4. The van der Waals surface area contributed by atoms with Gasteiger partial charge in [0.15, 0.2) is 0 Å². The van der Waals surface area contributed by atoms with Crippen molar-refractivity contribution >= 4 is 5.97 Å². The van der Waals surface area contributed by atoms with Crippen molar-refractivity contribution < 1.29 is 15.0 Å². The Kier molecular flexibility index (Phi) is 3.19. The SMILES string of the molecule is C[C@H](N)[C@H](CO)C(=O)O. The van der Waals surface area contributed by atoms with Crippen LogP contribution in [-0.2, 0) is 4.79 Å². The first kappa shape index (κ1) is 8.39. The van der Waals surface area contributed by atoms with Gasteiger partial charge in [0.2, 0.25) is 0 Å². The lowest BCUT2D eigenvalue weighted by Gasteiger charge is -2.11. The van der Waals surface area contributed by atoms with Crippen LogP contribution in [0, 0.1) is 5.92 Å². The maximum Gasteiger partial charge on any atom is 0.310 e. The van der Waals surface area contributed by atoms with Gasteiger partial charge in [-0.15, -0.1) is 0 Å². The molecule has 0 aliphatic rings. The quantitative estimate of drug-likeness (QED) is 0.462. The monoisotopic (exact) mass is 133 g/mol. The number of hydrogen-bond donors (Lipinski definition) is 3. The molecule has 4 heteroatoms. The van der Waals surface area contributed by atoms with Gasteiger partial charge in [-0.05, 0) is 6.92 Å². The summed E-state index contributed by atoms with van der Waals surface area (Å²) in [5.41, 5.74) is 5.21. The lowest BCUT2D eigenvalue weighted by Crippen LogP contribution is -2.35. The van der Waals surface area contributed by atoms with E-state index < -0.39 is 24.5 Å². The summed E-state index contributed by atoms with van der Waals surface area (Å²) in [6.45, 7) is 1.15. The van der Waals surface area contributed by atoms with Gasteiger partial charge in [0.1, 0.15) is 0 Å². The number of aliphatic carboxylic acids is 1. The molecule has 2 atom stereocenters. The van der Waals surface area contributed by atoms with Gasteiger partial charge in [-0.2, -0.15) is 0 Å². The van der Waals surface area contributed by atoms with E-state index in [-0.39, 0.29) is 0 Å². The fourth-order valence-corrected chi connectivity index (χ4v) is 0.469. The van der Waals surface area contributed by atoms with Crippen molar-refractivity contribution in [1.29, 1.82) is 0 Å². The average Bonchev–Trinajstić information content (AvgIpc) is 1.64. The maximum atomic E-state index is 10.1. The van der Waals surface area contributed by atoms with E-state index in [1.807, 2.05) is 0 Å². The second kappa shape index (κ2) is 3.42. The van der Waals surface area contributed by atoms with Gasteiger partial charge in [-0.25, -0.2) is 0 Å². The molecule has 0 spiro atoms. The number of nitrogens with two attached hydrogens (primary N) is 1. The zero-order valence-corrected chi connectivity index (χ0v) is 5.24. The Morgan fingerprint density at radius 3 is 2.22 bits per heavy atom. The molecular weight excluding hydrogens is 122 g/mol. The zero-order chi connectivity index (χ0) is 7.44. The van der Waals surface area contributed by atoms with Crippen molar-refractivity contribution in [2.75, 3.05) is 6.61 Å². The number of rotatable bonds is 3. The molecule has 0 heterocycles. The minimum Gasteiger partial charge on any atom is -0.481 e. The van der Waals surface area contributed by atoms with Gasteiger partial charge < -0.3 is 15.9 Å². The maximum absolute atomic E-state index is 10.1. The molecule has 0 radical (unpaired) electrons. The molecule has 0 aromatic heterocycles. The molecule has 0 saturated carbocycles. The first-order chi connectivity index (χ1) is 4.09. The average molecular weight is 133 g/mol. The lowest BCUT2D eigenvalue weighted by molar-refractivity contribution is -0.143. The summed E-state index contributed by atoms with van der Waals surface area (Å²) in [5, 5.41) is 16.7. The summed E-state index contributed by atoms with van der Waals surface area (Å²) in [4.78, 5) is 10.1. The van der Waals surface area contributed by atoms with Crippen LogP contribution >= 0.6 is 0 Å². The minimum absolute atomic E-state index is 0.396. The van der Waals surface area contributed by atoms with Crippen molar-refractivity contribution in [2.45, 2.75) is 13.0 Å². The molecule has 0 aromatic carbocycles. The van der Waals surface area contributed by atoms with Crippen LogP contribution in [0.1, 0.15) is 6.92 Å². The number of aliphatic hydroxyl groups excluding tert-OH is 1. The molecule has 0 rings (SSSR count). The van der Waals surface area contributed by atoms with E-state index in [9.17, 15) is 4.79 Å². The highest BCUT2D eigenvalue weighted by Gasteiger charge is 2.19. The second-order valence-electron chi connectivity index (χ2n) is 1.99. The number of carbonyl (C=O) groups is 1. The Hall–Kier alpha value is -0.610. The van der Waals surface area contributed by atoms with Gasteiger partial charge >= 0.3 is 5.97 Å². The third-order valence-electron chi connectivity index (χ3n) is 1.15. The molecule has 0 fully saturated rings. The first-order valence-electron chi connectivity index (χ1n) is 2.68. The fourth-order valence-electron chi connectivity index (χ4n) is 0.469. The van der Waals surface area contributed by atoms with Crippen LogP contribution in [0.3, 0.4) is 0 Å². The topological polar surface area (TPSA) is 83.5 Å². The molecule has 0 saturated heterocycles. The van der Waals surface area contributed by atoms with E-state index in [0.717, 1.165) is 0 Å². The summed E-state index contributed by atoms with van der Waals surface area (Å²) < 4.78 is 0. The summed E-state index contributed by atoms with van der Waals surface area (Å²) in [6.07, 6.45) is 0. The molecule has 54 valence electrons. The normalized spacial score (nSPS) is 16.8. The summed E-state index contributed by atoms with van der Waals surface area (Å²) in [6, 6.07) is -0.493. The van der Waals surface area contributed by atoms with Gasteiger partial charge in [0, 0.05) is 6.04 Å².